The second-order valence-electron chi connectivity index (χ2n) is 11.1. The number of hydrogen-bond acceptors (Lipinski definition) is 4. The minimum absolute atomic E-state index is 0.206. The molecule has 2 unspecified atom stereocenters. The van der Waals surface area contributed by atoms with Crippen molar-refractivity contribution in [2.45, 2.75) is 97.3 Å². The van der Waals surface area contributed by atoms with E-state index in [1.807, 2.05) is 14.0 Å². The lowest BCUT2D eigenvalue weighted by molar-refractivity contribution is -0.0767. The van der Waals surface area contributed by atoms with Crippen LogP contribution in [-0.4, -0.2) is 45.4 Å². The van der Waals surface area contributed by atoms with Gasteiger partial charge in [-0.15, -0.1) is 0 Å². The number of unbranched alkanes of at least 4 members (excludes halogenated alkanes) is 2. The standard InChI is InChI=1S/C29H54O4/c1-5-6-7-8-24-9-11-25(12-10-24)26-13-15-27(16-14-26)29(21-31-4)28(17-18-30)20-33-22-32-19-23(2)3/h24-30H,2,5-22H2,1,3-4H3. The highest BCUT2D eigenvalue weighted by Crippen LogP contribution is 2.45. The third-order valence-corrected chi connectivity index (χ3v) is 8.51. The van der Waals surface area contributed by atoms with Gasteiger partial charge in [-0.05, 0) is 87.4 Å². The van der Waals surface area contributed by atoms with Gasteiger partial charge >= 0.3 is 0 Å². The van der Waals surface area contributed by atoms with Gasteiger partial charge in [0.1, 0.15) is 6.79 Å². The van der Waals surface area contributed by atoms with Crippen molar-refractivity contribution in [3.05, 3.63) is 12.2 Å². The first-order valence-electron chi connectivity index (χ1n) is 14.0. The first kappa shape index (κ1) is 28.8. The van der Waals surface area contributed by atoms with Crippen molar-refractivity contribution >= 4 is 0 Å². The Morgan fingerprint density at radius 3 is 2.18 bits per heavy atom. The van der Waals surface area contributed by atoms with Gasteiger partial charge in [-0.25, -0.2) is 0 Å². The molecular weight excluding hydrogens is 412 g/mol. The van der Waals surface area contributed by atoms with Crippen molar-refractivity contribution < 1.29 is 19.3 Å². The van der Waals surface area contributed by atoms with E-state index in [0.29, 0.717) is 37.8 Å². The molecule has 4 heteroatoms. The lowest BCUT2D eigenvalue weighted by atomic mass is 9.65. The highest BCUT2D eigenvalue weighted by Gasteiger charge is 2.36. The van der Waals surface area contributed by atoms with Crippen LogP contribution in [0.25, 0.3) is 0 Å². The molecule has 0 radical (unpaired) electrons. The van der Waals surface area contributed by atoms with Crippen LogP contribution in [0, 0.1) is 35.5 Å². The van der Waals surface area contributed by atoms with E-state index in [2.05, 4.69) is 13.5 Å². The van der Waals surface area contributed by atoms with Crippen molar-refractivity contribution in [3.8, 4) is 0 Å². The molecule has 2 atom stereocenters. The average Bonchev–Trinajstić information content (AvgIpc) is 2.82. The van der Waals surface area contributed by atoms with E-state index < -0.39 is 0 Å². The molecule has 0 aromatic heterocycles. The van der Waals surface area contributed by atoms with Gasteiger partial charge in [0.15, 0.2) is 0 Å². The predicted octanol–water partition coefficient (Wildman–Crippen LogP) is 7.01. The molecule has 2 fully saturated rings. The van der Waals surface area contributed by atoms with Crippen LogP contribution in [0.2, 0.25) is 0 Å². The van der Waals surface area contributed by atoms with E-state index in [4.69, 9.17) is 14.2 Å². The molecule has 0 spiro atoms. The van der Waals surface area contributed by atoms with E-state index in [-0.39, 0.29) is 6.61 Å². The third kappa shape index (κ3) is 10.8. The topological polar surface area (TPSA) is 47.9 Å². The maximum absolute atomic E-state index is 9.69. The predicted molar refractivity (Wildman–Crippen MR) is 137 cm³/mol. The van der Waals surface area contributed by atoms with Gasteiger partial charge in [0.05, 0.1) is 13.2 Å². The van der Waals surface area contributed by atoms with Gasteiger partial charge in [0.25, 0.3) is 0 Å². The van der Waals surface area contributed by atoms with E-state index in [1.165, 1.54) is 77.0 Å². The minimum atomic E-state index is 0.206. The summed E-state index contributed by atoms with van der Waals surface area (Å²) in [4.78, 5) is 0. The number of hydrogen-bond donors (Lipinski definition) is 1. The first-order chi connectivity index (χ1) is 16.1. The van der Waals surface area contributed by atoms with Gasteiger partial charge in [0, 0.05) is 20.3 Å². The molecule has 0 heterocycles. The zero-order valence-electron chi connectivity index (χ0n) is 22.1. The van der Waals surface area contributed by atoms with Crippen LogP contribution in [0.15, 0.2) is 12.2 Å². The zero-order chi connectivity index (χ0) is 23.9. The van der Waals surface area contributed by atoms with Crippen molar-refractivity contribution in [1.82, 2.24) is 0 Å². The maximum Gasteiger partial charge on any atom is 0.147 e. The summed E-state index contributed by atoms with van der Waals surface area (Å²) in [6.07, 6.45) is 17.7. The van der Waals surface area contributed by atoms with Gasteiger partial charge in [0.2, 0.25) is 0 Å². The molecule has 2 saturated carbocycles. The van der Waals surface area contributed by atoms with Gasteiger partial charge < -0.3 is 19.3 Å². The Labute approximate surface area is 204 Å². The smallest absolute Gasteiger partial charge is 0.147 e. The fourth-order valence-corrected chi connectivity index (χ4v) is 6.59. The van der Waals surface area contributed by atoms with E-state index in [9.17, 15) is 5.11 Å². The molecule has 0 aromatic rings. The summed E-state index contributed by atoms with van der Waals surface area (Å²) in [5.74, 6) is 4.37. The fourth-order valence-electron chi connectivity index (χ4n) is 6.59. The highest BCUT2D eigenvalue weighted by molar-refractivity contribution is 4.87. The molecular formula is C29H54O4. The van der Waals surface area contributed by atoms with Gasteiger partial charge in [-0.3, -0.25) is 0 Å². The average molecular weight is 467 g/mol. The number of aliphatic hydroxyl groups excluding tert-OH is 1. The van der Waals surface area contributed by atoms with Crippen LogP contribution in [0.4, 0.5) is 0 Å². The van der Waals surface area contributed by atoms with Crippen LogP contribution >= 0.6 is 0 Å². The number of methoxy groups -OCH3 is 1. The van der Waals surface area contributed by atoms with Gasteiger partial charge in [-0.2, -0.15) is 0 Å². The van der Waals surface area contributed by atoms with Crippen LogP contribution in [0.3, 0.4) is 0 Å². The Morgan fingerprint density at radius 1 is 0.939 bits per heavy atom. The summed E-state index contributed by atoms with van der Waals surface area (Å²) in [6.45, 7) is 10.6. The molecule has 0 saturated heterocycles. The summed E-state index contributed by atoms with van der Waals surface area (Å²) in [5, 5.41) is 9.69. The molecule has 4 nitrogen and oxygen atoms in total. The Balaban J connectivity index is 1.77. The normalized spacial score (nSPS) is 27.9. The summed E-state index contributed by atoms with van der Waals surface area (Å²) in [7, 11) is 1.81. The summed E-state index contributed by atoms with van der Waals surface area (Å²) < 4.78 is 17.0. The molecule has 0 aromatic carbocycles. The molecule has 1 N–H and O–H groups in total. The van der Waals surface area contributed by atoms with E-state index in [1.54, 1.807) is 0 Å². The Hall–Kier alpha value is -0.420. The molecule has 0 amide bonds. The first-order valence-corrected chi connectivity index (χ1v) is 14.0. The molecule has 0 aliphatic heterocycles. The monoisotopic (exact) mass is 466 g/mol. The van der Waals surface area contributed by atoms with Crippen molar-refractivity contribution in [2.75, 3.05) is 40.3 Å². The number of rotatable bonds is 17. The van der Waals surface area contributed by atoms with Crippen LogP contribution in [0.1, 0.15) is 97.3 Å². The third-order valence-electron chi connectivity index (χ3n) is 8.51. The van der Waals surface area contributed by atoms with Crippen molar-refractivity contribution in [3.63, 3.8) is 0 Å². The Bertz CT molecular complexity index is 492. The molecule has 194 valence electrons. The summed E-state index contributed by atoms with van der Waals surface area (Å²) in [5.41, 5.74) is 1.00. The SMILES string of the molecule is C=C(C)COCOCC(CCO)C(COC)C1CCC(C2CCC(CCCCC)CC2)CC1. The van der Waals surface area contributed by atoms with Crippen LogP contribution in [0.5, 0.6) is 0 Å². The number of ether oxygens (including phenoxy) is 3. The maximum atomic E-state index is 9.69. The van der Waals surface area contributed by atoms with E-state index in [0.717, 1.165) is 36.4 Å². The minimum Gasteiger partial charge on any atom is -0.396 e. The highest BCUT2D eigenvalue weighted by atomic mass is 16.7. The molecule has 2 aliphatic carbocycles. The quantitative estimate of drug-likeness (QED) is 0.142. The van der Waals surface area contributed by atoms with E-state index >= 15 is 0 Å². The second-order valence-corrected chi connectivity index (χ2v) is 11.1. The van der Waals surface area contributed by atoms with Crippen molar-refractivity contribution in [1.29, 1.82) is 0 Å². The Morgan fingerprint density at radius 2 is 1.61 bits per heavy atom. The van der Waals surface area contributed by atoms with Crippen molar-refractivity contribution in [2.24, 2.45) is 35.5 Å². The summed E-state index contributed by atoms with van der Waals surface area (Å²) >= 11 is 0. The largest absolute Gasteiger partial charge is 0.396 e. The second kappa shape index (κ2) is 17.1. The lowest BCUT2D eigenvalue weighted by Gasteiger charge is -2.41. The Kier molecular flexibility index (Phi) is 14.9. The van der Waals surface area contributed by atoms with Gasteiger partial charge in [-0.1, -0.05) is 57.6 Å². The molecule has 2 aliphatic rings. The lowest BCUT2D eigenvalue weighted by Crippen LogP contribution is -2.35. The fraction of sp³-hybridized carbons (Fsp3) is 0.931. The zero-order valence-corrected chi connectivity index (χ0v) is 22.1. The molecule has 33 heavy (non-hydrogen) atoms. The van der Waals surface area contributed by atoms with Crippen LogP contribution in [-0.2, 0) is 14.2 Å². The summed E-state index contributed by atoms with van der Waals surface area (Å²) in [6, 6.07) is 0. The number of aliphatic hydroxyl groups is 1. The van der Waals surface area contributed by atoms with Crippen LogP contribution < -0.4 is 0 Å². The molecule has 2 rings (SSSR count). The molecule has 0 bridgehead atoms.